The van der Waals surface area contributed by atoms with E-state index in [9.17, 15) is 4.79 Å². The average Bonchev–Trinajstić information content (AvgIpc) is 2.82. The van der Waals surface area contributed by atoms with Gasteiger partial charge >= 0.3 is 5.97 Å². The molecular weight excluding hydrogens is 308 g/mol. The van der Waals surface area contributed by atoms with Crippen LogP contribution in [0.25, 0.3) is 10.8 Å². The normalized spacial score (nSPS) is 10.9. The molecule has 0 aliphatic heterocycles. The van der Waals surface area contributed by atoms with Crippen molar-refractivity contribution in [3.63, 3.8) is 0 Å². The fourth-order valence-electron chi connectivity index (χ4n) is 2.81. The zero-order chi connectivity index (χ0) is 16.4. The van der Waals surface area contributed by atoms with Crippen LogP contribution in [0.2, 0.25) is 0 Å². The number of nitrogens with one attached hydrogen (secondary N) is 1. The molecule has 0 unspecified atom stereocenters. The van der Waals surface area contributed by atoms with Crippen molar-refractivity contribution in [2.24, 2.45) is 0 Å². The van der Waals surface area contributed by atoms with Crippen molar-refractivity contribution >= 4 is 29.0 Å². The van der Waals surface area contributed by atoms with Gasteiger partial charge in [0.1, 0.15) is 5.69 Å². The second-order valence-corrected chi connectivity index (χ2v) is 5.74. The summed E-state index contributed by atoms with van der Waals surface area (Å²) in [5.74, 6) is -0.349. The highest BCUT2D eigenvalue weighted by molar-refractivity contribution is 7.71. The number of aromatic nitrogens is 2. The van der Waals surface area contributed by atoms with Crippen molar-refractivity contribution in [2.75, 3.05) is 6.61 Å². The third kappa shape index (κ3) is 2.92. The van der Waals surface area contributed by atoms with E-state index in [4.69, 9.17) is 17.0 Å². The summed E-state index contributed by atoms with van der Waals surface area (Å²) in [5.41, 5.74) is 2.34. The number of aryl methyl sites for hydroxylation is 1. The van der Waals surface area contributed by atoms with E-state index in [0.717, 1.165) is 16.6 Å². The molecule has 0 bridgehead atoms. The van der Waals surface area contributed by atoms with Gasteiger partial charge in [0.15, 0.2) is 4.77 Å². The Hall–Kier alpha value is -2.40. The number of hydrogen-bond acceptors (Lipinski definition) is 3. The van der Waals surface area contributed by atoms with Gasteiger partial charge in [-0.25, -0.2) is 4.79 Å². The first kappa shape index (κ1) is 15.5. The molecule has 5 heteroatoms. The van der Waals surface area contributed by atoms with Crippen molar-refractivity contribution in [2.45, 2.75) is 20.4 Å². The maximum Gasteiger partial charge on any atom is 0.356 e. The second-order valence-electron chi connectivity index (χ2n) is 5.35. The van der Waals surface area contributed by atoms with Crippen LogP contribution in [0.4, 0.5) is 0 Å². The summed E-state index contributed by atoms with van der Waals surface area (Å²) in [6, 6.07) is 14.3. The van der Waals surface area contributed by atoms with E-state index < -0.39 is 0 Å². The molecule has 0 aliphatic rings. The van der Waals surface area contributed by atoms with E-state index in [2.05, 4.69) is 29.2 Å². The van der Waals surface area contributed by atoms with Crippen LogP contribution in [0, 0.1) is 11.7 Å². The fourth-order valence-corrected chi connectivity index (χ4v) is 3.11. The molecule has 0 fully saturated rings. The van der Waals surface area contributed by atoms with Crippen LogP contribution in [0.15, 0.2) is 42.5 Å². The highest BCUT2D eigenvalue weighted by atomic mass is 32.1. The molecule has 0 radical (unpaired) electrons. The molecule has 0 saturated carbocycles. The van der Waals surface area contributed by atoms with E-state index in [1.165, 1.54) is 5.39 Å². The van der Waals surface area contributed by atoms with Gasteiger partial charge in [0, 0.05) is 5.69 Å². The summed E-state index contributed by atoms with van der Waals surface area (Å²) in [6.45, 7) is 4.49. The van der Waals surface area contributed by atoms with Crippen molar-refractivity contribution in [1.82, 2.24) is 9.55 Å². The van der Waals surface area contributed by atoms with Crippen molar-refractivity contribution in [1.29, 1.82) is 0 Å². The van der Waals surface area contributed by atoms with Crippen molar-refractivity contribution in [3.8, 4) is 0 Å². The summed E-state index contributed by atoms with van der Waals surface area (Å²) in [4.78, 5) is 15.3. The number of benzene rings is 2. The average molecular weight is 326 g/mol. The molecule has 1 N–H and O–H groups in total. The highest BCUT2D eigenvalue weighted by Crippen LogP contribution is 2.21. The lowest BCUT2D eigenvalue weighted by Gasteiger charge is -2.11. The third-order valence-electron chi connectivity index (χ3n) is 3.84. The fraction of sp³-hybridized carbons (Fsp3) is 0.222. The van der Waals surface area contributed by atoms with Crippen LogP contribution >= 0.6 is 12.2 Å². The lowest BCUT2D eigenvalue weighted by molar-refractivity contribution is 0.0513. The van der Waals surface area contributed by atoms with Crippen LogP contribution in [-0.4, -0.2) is 22.1 Å². The number of rotatable bonds is 4. The lowest BCUT2D eigenvalue weighted by atomic mass is 10.0. The Morgan fingerprint density at radius 1 is 1.22 bits per heavy atom. The minimum atomic E-state index is -0.349. The van der Waals surface area contributed by atoms with Gasteiger partial charge in [0.2, 0.25) is 0 Å². The van der Waals surface area contributed by atoms with Gasteiger partial charge in [-0.2, -0.15) is 0 Å². The molecule has 0 aliphatic carbocycles. The summed E-state index contributed by atoms with van der Waals surface area (Å²) < 4.78 is 7.50. The molecule has 1 aromatic heterocycles. The summed E-state index contributed by atoms with van der Waals surface area (Å²) >= 11 is 5.39. The standard InChI is InChI=1S/C18H18N2O2S/c1-3-22-17(21)16-12(2)19-18(23)20(16)11-14-9-6-8-13-7-4-5-10-15(13)14/h4-10H,3,11H2,1-2H3,(H,19,23). The Balaban J connectivity index is 2.09. The molecule has 0 amide bonds. The van der Waals surface area contributed by atoms with E-state index >= 15 is 0 Å². The summed E-state index contributed by atoms with van der Waals surface area (Å²) in [7, 11) is 0. The number of ether oxygens (including phenoxy) is 1. The van der Waals surface area contributed by atoms with E-state index in [0.29, 0.717) is 23.6 Å². The van der Waals surface area contributed by atoms with E-state index in [1.54, 1.807) is 6.92 Å². The molecule has 1 heterocycles. The number of hydrogen-bond donors (Lipinski definition) is 1. The smallest absolute Gasteiger partial charge is 0.356 e. The molecule has 0 atom stereocenters. The largest absolute Gasteiger partial charge is 0.461 e. The van der Waals surface area contributed by atoms with Crippen LogP contribution in [0.1, 0.15) is 28.7 Å². The number of imidazole rings is 1. The van der Waals surface area contributed by atoms with Gasteiger partial charge in [-0.15, -0.1) is 0 Å². The Kier molecular flexibility index (Phi) is 4.30. The number of carbonyl (C=O) groups excluding carboxylic acids is 1. The first-order valence-corrected chi connectivity index (χ1v) is 7.95. The van der Waals surface area contributed by atoms with Gasteiger partial charge in [0.05, 0.1) is 13.2 Å². The molecule has 2 aromatic carbocycles. The number of esters is 1. The van der Waals surface area contributed by atoms with Crippen molar-refractivity contribution < 1.29 is 9.53 Å². The molecule has 3 aromatic rings. The molecule has 0 saturated heterocycles. The highest BCUT2D eigenvalue weighted by Gasteiger charge is 2.18. The number of aromatic amines is 1. The summed E-state index contributed by atoms with van der Waals surface area (Å²) in [5, 5.41) is 2.33. The minimum Gasteiger partial charge on any atom is -0.461 e. The SMILES string of the molecule is CCOC(=O)c1c(C)[nH]c(=S)n1Cc1cccc2ccccc12. The van der Waals surface area contributed by atoms with E-state index in [1.807, 2.05) is 29.7 Å². The lowest BCUT2D eigenvalue weighted by Crippen LogP contribution is -2.14. The molecule has 118 valence electrons. The Bertz CT molecular complexity index is 919. The van der Waals surface area contributed by atoms with Crippen LogP contribution in [-0.2, 0) is 11.3 Å². The predicted molar refractivity (Wildman–Crippen MR) is 93.4 cm³/mol. The topological polar surface area (TPSA) is 47.0 Å². The zero-order valence-electron chi connectivity index (χ0n) is 13.1. The second kappa shape index (κ2) is 6.38. The van der Waals surface area contributed by atoms with Crippen LogP contribution in [0.3, 0.4) is 0 Å². The maximum absolute atomic E-state index is 12.2. The number of carbonyl (C=O) groups is 1. The van der Waals surface area contributed by atoms with Crippen LogP contribution < -0.4 is 0 Å². The third-order valence-corrected chi connectivity index (χ3v) is 4.16. The quantitative estimate of drug-likeness (QED) is 0.576. The molecule has 3 rings (SSSR count). The zero-order valence-corrected chi connectivity index (χ0v) is 13.9. The number of fused-ring (bicyclic) bond motifs is 1. The maximum atomic E-state index is 12.2. The molecule has 0 spiro atoms. The van der Waals surface area contributed by atoms with E-state index in [-0.39, 0.29) is 5.97 Å². The van der Waals surface area contributed by atoms with Gasteiger partial charge < -0.3 is 14.3 Å². The first-order chi connectivity index (χ1) is 11.1. The van der Waals surface area contributed by atoms with Crippen LogP contribution in [0.5, 0.6) is 0 Å². The molecule has 23 heavy (non-hydrogen) atoms. The van der Waals surface area contributed by atoms with Crippen molar-refractivity contribution in [3.05, 3.63) is 64.2 Å². The minimum absolute atomic E-state index is 0.338. The van der Waals surface area contributed by atoms with Gasteiger partial charge in [0.25, 0.3) is 0 Å². The van der Waals surface area contributed by atoms with Gasteiger partial charge in [-0.3, -0.25) is 0 Å². The molecule has 4 nitrogen and oxygen atoms in total. The van der Waals surface area contributed by atoms with Gasteiger partial charge in [-0.1, -0.05) is 42.5 Å². The van der Waals surface area contributed by atoms with Gasteiger partial charge in [-0.05, 0) is 42.4 Å². The first-order valence-electron chi connectivity index (χ1n) is 7.55. The number of H-pyrrole nitrogens is 1. The predicted octanol–water partition coefficient (Wildman–Crippen LogP) is 4.23. The summed E-state index contributed by atoms with van der Waals surface area (Å²) in [6.07, 6.45) is 0. The Morgan fingerprint density at radius 3 is 2.74 bits per heavy atom. The Morgan fingerprint density at radius 2 is 1.96 bits per heavy atom. The molecular formula is C18H18N2O2S. The number of nitrogens with zero attached hydrogens (tertiary/aromatic N) is 1. The Labute approximate surface area is 139 Å². The monoisotopic (exact) mass is 326 g/mol.